The molecule has 9 heteroatoms. The molecule has 4 N–H and O–H groups in total. The first-order valence-corrected chi connectivity index (χ1v) is 7.36. The van der Waals surface area contributed by atoms with Crippen molar-refractivity contribution in [3.8, 4) is 11.5 Å². The second-order valence-electron chi connectivity index (χ2n) is 5.38. The maximum absolute atomic E-state index is 12.9. The molecule has 3 aromatic rings. The van der Waals surface area contributed by atoms with E-state index in [4.69, 9.17) is 11.5 Å². The van der Waals surface area contributed by atoms with Crippen molar-refractivity contribution < 1.29 is 18.0 Å². The lowest BCUT2D eigenvalue weighted by atomic mass is 10.2. The van der Waals surface area contributed by atoms with E-state index in [1.54, 1.807) is 4.57 Å². The first kappa shape index (κ1) is 16.7. The van der Waals surface area contributed by atoms with E-state index < -0.39 is 17.6 Å². The maximum atomic E-state index is 12.9. The van der Waals surface area contributed by atoms with Crippen LogP contribution in [-0.2, 0) is 12.7 Å². The van der Waals surface area contributed by atoms with Crippen molar-refractivity contribution in [2.24, 2.45) is 5.73 Å². The number of hydrogen-bond acceptors (Lipinski definition) is 4. The SMILES string of the molecule is CCn1c(-c2nc(C(N)=O)ccc2N)nc2cc(C(F)(F)F)ccc21. The Labute approximate surface area is 140 Å². The van der Waals surface area contributed by atoms with Crippen LogP contribution in [-0.4, -0.2) is 20.4 Å². The van der Waals surface area contributed by atoms with Crippen molar-refractivity contribution in [3.63, 3.8) is 0 Å². The third-order valence-electron chi connectivity index (χ3n) is 3.78. The van der Waals surface area contributed by atoms with Crippen LogP contribution >= 0.6 is 0 Å². The monoisotopic (exact) mass is 349 g/mol. The molecule has 0 radical (unpaired) electrons. The molecule has 1 aromatic carbocycles. The number of carbonyl (C=O) groups is 1. The van der Waals surface area contributed by atoms with Gasteiger partial charge in [0.15, 0.2) is 5.82 Å². The van der Waals surface area contributed by atoms with Gasteiger partial charge in [0.1, 0.15) is 11.4 Å². The third-order valence-corrected chi connectivity index (χ3v) is 3.78. The molecule has 0 fully saturated rings. The van der Waals surface area contributed by atoms with Crippen LogP contribution in [0.4, 0.5) is 18.9 Å². The molecule has 1 amide bonds. The predicted molar refractivity (Wildman–Crippen MR) is 86.6 cm³/mol. The van der Waals surface area contributed by atoms with Crippen LogP contribution in [0, 0.1) is 0 Å². The summed E-state index contributed by atoms with van der Waals surface area (Å²) in [6.07, 6.45) is -4.46. The summed E-state index contributed by atoms with van der Waals surface area (Å²) in [6, 6.07) is 6.16. The molecule has 3 rings (SSSR count). The number of aryl methyl sites for hydroxylation is 1. The highest BCUT2D eigenvalue weighted by Crippen LogP contribution is 2.33. The van der Waals surface area contributed by atoms with E-state index in [0.29, 0.717) is 12.1 Å². The number of imidazole rings is 1. The lowest BCUT2D eigenvalue weighted by Crippen LogP contribution is -2.14. The number of carbonyl (C=O) groups excluding carboxylic acids is 1. The van der Waals surface area contributed by atoms with Crippen LogP contribution in [0.15, 0.2) is 30.3 Å². The van der Waals surface area contributed by atoms with Gasteiger partial charge in [0.2, 0.25) is 0 Å². The number of aromatic nitrogens is 3. The minimum atomic E-state index is -4.46. The van der Waals surface area contributed by atoms with Gasteiger partial charge < -0.3 is 16.0 Å². The Kier molecular flexibility index (Phi) is 3.86. The molecule has 130 valence electrons. The molecule has 0 aliphatic heterocycles. The van der Waals surface area contributed by atoms with E-state index in [1.807, 2.05) is 6.92 Å². The molecule has 0 atom stereocenters. The second kappa shape index (κ2) is 5.76. The van der Waals surface area contributed by atoms with Gasteiger partial charge in [-0.1, -0.05) is 0 Å². The van der Waals surface area contributed by atoms with Gasteiger partial charge in [-0.25, -0.2) is 9.97 Å². The van der Waals surface area contributed by atoms with Gasteiger partial charge in [-0.15, -0.1) is 0 Å². The number of nitrogens with two attached hydrogens (primary N) is 2. The smallest absolute Gasteiger partial charge is 0.397 e. The van der Waals surface area contributed by atoms with Crippen LogP contribution in [0.1, 0.15) is 23.0 Å². The number of benzene rings is 1. The van der Waals surface area contributed by atoms with Crippen LogP contribution < -0.4 is 11.5 Å². The molecule has 0 saturated carbocycles. The minimum absolute atomic E-state index is 0.00473. The van der Waals surface area contributed by atoms with Gasteiger partial charge in [-0.3, -0.25) is 4.79 Å². The number of fused-ring (bicyclic) bond motifs is 1. The van der Waals surface area contributed by atoms with Crippen molar-refractivity contribution in [2.45, 2.75) is 19.6 Å². The van der Waals surface area contributed by atoms with E-state index >= 15 is 0 Å². The van der Waals surface area contributed by atoms with E-state index in [0.717, 1.165) is 12.1 Å². The van der Waals surface area contributed by atoms with E-state index in [2.05, 4.69) is 9.97 Å². The lowest BCUT2D eigenvalue weighted by Gasteiger charge is -2.09. The Bertz CT molecular complexity index is 978. The summed E-state index contributed by atoms with van der Waals surface area (Å²) in [5.41, 5.74) is 11.5. The van der Waals surface area contributed by atoms with Gasteiger partial charge in [-0.2, -0.15) is 13.2 Å². The highest BCUT2D eigenvalue weighted by Gasteiger charge is 2.31. The van der Waals surface area contributed by atoms with Crippen molar-refractivity contribution in [1.82, 2.24) is 14.5 Å². The highest BCUT2D eigenvalue weighted by atomic mass is 19.4. The molecule has 0 bridgehead atoms. The number of anilines is 1. The number of nitrogens with zero attached hydrogens (tertiary/aromatic N) is 3. The number of hydrogen-bond donors (Lipinski definition) is 2. The molecule has 2 heterocycles. The van der Waals surface area contributed by atoms with Crippen LogP contribution in [0.2, 0.25) is 0 Å². The summed E-state index contributed by atoms with van der Waals surface area (Å²) >= 11 is 0. The summed E-state index contributed by atoms with van der Waals surface area (Å²) in [5, 5.41) is 0. The van der Waals surface area contributed by atoms with Crippen molar-refractivity contribution >= 4 is 22.6 Å². The molecule has 0 aliphatic carbocycles. The molecule has 0 aliphatic rings. The summed E-state index contributed by atoms with van der Waals surface area (Å²) in [6.45, 7) is 2.25. The average molecular weight is 349 g/mol. The van der Waals surface area contributed by atoms with Gasteiger partial charge in [-0.05, 0) is 37.3 Å². The van der Waals surface area contributed by atoms with Gasteiger partial charge in [0.05, 0.1) is 22.3 Å². The van der Waals surface area contributed by atoms with Crippen molar-refractivity contribution in [1.29, 1.82) is 0 Å². The van der Waals surface area contributed by atoms with Crippen LogP contribution in [0.5, 0.6) is 0 Å². The molecule has 2 aromatic heterocycles. The van der Waals surface area contributed by atoms with Crippen LogP contribution in [0.25, 0.3) is 22.6 Å². The zero-order chi connectivity index (χ0) is 18.4. The summed E-state index contributed by atoms with van der Waals surface area (Å²) in [5.74, 6) is -0.461. The Morgan fingerprint density at radius 2 is 1.92 bits per heavy atom. The first-order valence-electron chi connectivity index (χ1n) is 7.36. The number of rotatable bonds is 3. The van der Waals surface area contributed by atoms with Gasteiger partial charge in [0.25, 0.3) is 5.91 Å². The minimum Gasteiger partial charge on any atom is -0.397 e. The zero-order valence-corrected chi connectivity index (χ0v) is 13.1. The Hall–Kier alpha value is -3.10. The number of alkyl halides is 3. The highest BCUT2D eigenvalue weighted by molar-refractivity contribution is 5.92. The molecular formula is C16H14F3N5O. The summed E-state index contributed by atoms with van der Waals surface area (Å²) in [7, 11) is 0. The topological polar surface area (TPSA) is 99.8 Å². The predicted octanol–water partition coefficient (Wildman–Crippen LogP) is 2.82. The standard InChI is InChI=1S/C16H14F3N5O/c1-2-24-12-6-3-8(16(17,18)19)7-11(12)23-15(24)13-9(20)4-5-10(22-13)14(21)25/h3-7H,2,20H2,1H3,(H2,21,25). The van der Waals surface area contributed by atoms with Gasteiger partial charge in [0, 0.05) is 6.54 Å². The molecule has 0 spiro atoms. The number of halogens is 3. The number of amides is 1. The summed E-state index contributed by atoms with van der Waals surface area (Å²) < 4.78 is 40.4. The Morgan fingerprint density at radius 1 is 1.20 bits per heavy atom. The fourth-order valence-corrected chi connectivity index (χ4v) is 2.59. The van der Waals surface area contributed by atoms with E-state index in [1.165, 1.54) is 18.2 Å². The summed E-state index contributed by atoms with van der Waals surface area (Å²) in [4.78, 5) is 19.7. The van der Waals surface area contributed by atoms with Gasteiger partial charge >= 0.3 is 6.18 Å². The van der Waals surface area contributed by atoms with Crippen LogP contribution in [0.3, 0.4) is 0 Å². The molecule has 0 saturated heterocycles. The lowest BCUT2D eigenvalue weighted by molar-refractivity contribution is -0.137. The third kappa shape index (κ3) is 2.88. The van der Waals surface area contributed by atoms with E-state index in [9.17, 15) is 18.0 Å². The number of primary amides is 1. The van der Waals surface area contributed by atoms with E-state index in [-0.39, 0.29) is 28.4 Å². The molecule has 25 heavy (non-hydrogen) atoms. The first-order chi connectivity index (χ1) is 11.7. The quantitative estimate of drug-likeness (QED) is 0.759. The number of nitrogen functional groups attached to an aromatic ring is 1. The van der Waals surface area contributed by atoms with Crippen molar-refractivity contribution in [3.05, 3.63) is 41.6 Å². The molecule has 0 unspecified atom stereocenters. The average Bonchev–Trinajstić information content (AvgIpc) is 2.91. The normalized spacial score (nSPS) is 11.8. The Balaban J connectivity index is 2.26. The molecule has 6 nitrogen and oxygen atoms in total. The Morgan fingerprint density at radius 3 is 2.52 bits per heavy atom. The number of pyridine rings is 1. The largest absolute Gasteiger partial charge is 0.416 e. The van der Waals surface area contributed by atoms with Crippen molar-refractivity contribution in [2.75, 3.05) is 5.73 Å². The zero-order valence-electron chi connectivity index (χ0n) is 13.1. The molecular weight excluding hydrogens is 335 g/mol. The maximum Gasteiger partial charge on any atom is 0.416 e. The fraction of sp³-hybridized carbons (Fsp3) is 0.188. The second-order valence-corrected chi connectivity index (χ2v) is 5.38. The fourth-order valence-electron chi connectivity index (χ4n) is 2.59.